The van der Waals surface area contributed by atoms with Crippen LogP contribution in [0.25, 0.3) is 22.0 Å². The number of carbonyl (C=O) groups excluding carboxylic acids is 1. The van der Waals surface area contributed by atoms with E-state index in [1.807, 2.05) is 42.5 Å². The maximum absolute atomic E-state index is 11.9. The Morgan fingerprint density at radius 3 is 2.87 bits per heavy atom. The number of amides is 1. The molecule has 1 aromatic heterocycles. The van der Waals surface area contributed by atoms with E-state index >= 15 is 0 Å². The van der Waals surface area contributed by atoms with Crippen molar-refractivity contribution in [2.45, 2.75) is 12.8 Å². The first kappa shape index (κ1) is 13.8. The number of benzene rings is 2. The van der Waals surface area contributed by atoms with Gasteiger partial charge in [-0.05, 0) is 36.6 Å². The molecule has 0 saturated heterocycles. The molecule has 0 radical (unpaired) electrons. The van der Waals surface area contributed by atoms with Gasteiger partial charge < -0.3 is 10.1 Å². The Bertz CT molecular complexity index is 881. The average molecular weight is 307 g/mol. The van der Waals surface area contributed by atoms with E-state index in [1.54, 1.807) is 7.11 Å². The highest BCUT2D eigenvalue weighted by Gasteiger charge is 2.30. The maximum atomic E-state index is 11.9. The number of aromatic amines is 1. The van der Waals surface area contributed by atoms with Crippen molar-refractivity contribution < 1.29 is 9.53 Å². The van der Waals surface area contributed by atoms with E-state index in [0.29, 0.717) is 5.82 Å². The van der Waals surface area contributed by atoms with Crippen LogP contribution in [0.5, 0.6) is 5.75 Å². The van der Waals surface area contributed by atoms with Crippen molar-refractivity contribution >= 4 is 22.6 Å². The molecule has 1 saturated carbocycles. The highest BCUT2D eigenvalue weighted by Crippen LogP contribution is 2.34. The Morgan fingerprint density at radius 1 is 1.26 bits per heavy atom. The molecule has 0 spiro atoms. The summed E-state index contributed by atoms with van der Waals surface area (Å²) in [5.74, 6) is 1.65. The van der Waals surface area contributed by atoms with Crippen molar-refractivity contribution in [2.75, 3.05) is 12.4 Å². The van der Waals surface area contributed by atoms with Crippen molar-refractivity contribution in [3.63, 3.8) is 0 Å². The minimum Gasteiger partial charge on any atom is -0.496 e. The summed E-state index contributed by atoms with van der Waals surface area (Å²) in [6.07, 6.45) is 1.96. The number of hydrogen-bond acceptors (Lipinski definition) is 3. The molecule has 0 unspecified atom stereocenters. The SMILES string of the molecule is COc1ccccc1-c1ccc2c(NC(=O)C3CC3)n[nH]c2c1. The molecule has 4 rings (SSSR count). The van der Waals surface area contributed by atoms with Crippen LogP contribution in [-0.2, 0) is 4.79 Å². The Kier molecular flexibility index (Phi) is 3.26. The van der Waals surface area contributed by atoms with Gasteiger partial charge in [-0.1, -0.05) is 24.3 Å². The van der Waals surface area contributed by atoms with Crippen LogP contribution in [0.1, 0.15) is 12.8 Å². The molecule has 3 aromatic rings. The van der Waals surface area contributed by atoms with E-state index in [4.69, 9.17) is 4.74 Å². The second-order valence-corrected chi connectivity index (χ2v) is 5.80. The number of ether oxygens (including phenoxy) is 1. The summed E-state index contributed by atoms with van der Waals surface area (Å²) in [7, 11) is 1.67. The number of fused-ring (bicyclic) bond motifs is 1. The third kappa shape index (κ3) is 2.54. The number of nitrogens with zero attached hydrogens (tertiary/aromatic N) is 1. The van der Waals surface area contributed by atoms with E-state index in [2.05, 4.69) is 15.5 Å². The fraction of sp³-hybridized carbons (Fsp3) is 0.222. The molecular formula is C18H17N3O2. The van der Waals surface area contributed by atoms with Gasteiger partial charge in [0.05, 0.1) is 12.6 Å². The number of methoxy groups -OCH3 is 1. The number of para-hydroxylation sites is 1. The lowest BCUT2D eigenvalue weighted by Crippen LogP contribution is -2.13. The summed E-state index contributed by atoms with van der Waals surface area (Å²) in [6, 6.07) is 13.9. The van der Waals surface area contributed by atoms with Crippen LogP contribution in [-0.4, -0.2) is 23.2 Å². The Balaban J connectivity index is 1.70. The number of hydrogen-bond donors (Lipinski definition) is 2. The van der Waals surface area contributed by atoms with Gasteiger partial charge in [-0.2, -0.15) is 5.10 Å². The van der Waals surface area contributed by atoms with Crippen LogP contribution in [0.15, 0.2) is 42.5 Å². The van der Waals surface area contributed by atoms with Crippen LogP contribution in [0.3, 0.4) is 0 Å². The number of aromatic nitrogens is 2. The standard InChI is InChI=1S/C18H17N3O2/c1-23-16-5-3-2-4-13(16)12-8-9-14-15(10-12)20-21-17(14)19-18(22)11-6-7-11/h2-5,8-11H,6-7H2,1H3,(H2,19,20,21,22). The smallest absolute Gasteiger partial charge is 0.228 e. The highest BCUT2D eigenvalue weighted by molar-refractivity contribution is 6.02. The largest absolute Gasteiger partial charge is 0.496 e. The molecule has 5 heteroatoms. The molecule has 1 aliphatic rings. The second-order valence-electron chi connectivity index (χ2n) is 5.80. The summed E-state index contributed by atoms with van der Waals surface area (Å²) in [4.78, 5) is 11.9. The zero-order valence-electron chi connectivity index (χ0n) is 12.8. The second kappa shape index (κ2) is 5.43. The number of rotatable bonds is 4. The average Bonchev–Trinajstić information content (AvgIpc) is 3.37. The van der Waals surface area contributed by atoms with Gasteiger partial charge in [-0.3, -0.25) is 9.89 Å². The first-order valence-electron chi connectivity index (χ1n) is 7.68. The molecule has 0 aliphatic heterocycles. The fourth-order valence-corrected chi connectivity index (χ4v) is 2.73. The van der Waals surface area contributed by atoms with Gasteiger partial charge in [0, 0.05) is 16.9 Å². The van der Waals surface area contributed by atoms with E-state index < -0.39 is 0 Å². The lowest BCUT2D eigenvalue weighted by atomic mass is 10.0. The zero-order valence-corrected chi connectivity index (χ0v) is 12.8. The monoisotopic (exact) mass is 307 g/mol. The van der Waals surface area contributed by atoms with Crippen molar-refractivity contribution in [2.24, 2.45) is 5.92 Å². The van der Waals surface area contributed by atoms with Crippen LogP contribution in [0.4, 0.5) is 5.82 Å². The minimum absolute atomic E-state index is 0.0622. The lowest BCUT2D eigenvalue weighted by Gasteiger charge is -2.08. The first-order valence-corrected chi connectivity index (χ1v) is 7.68. The van der Waals surface area contributed by atoms with Gasteiger partial charge in [0.25, 0.3) is 0 Å². The van der Waals surface area contributed by atoms with Crippen molar-refractivity contribution in [3.05, 3.63) is 42.5 Å². The van der Waals surface area contributed by atoms with E-state index in [1.165, 1.54) is 0 Å². The lowest BCUT2D eigenvalue weighted by molar-refractivity contribution is -0.117. The number of nitrogens with one attached hydrogen (secondary N) is 2. The molecule has 1 fully saturated rings. The maximum Gasteiger partial charge on any atom is 0.228 e. The highest BCUT2D eigenvalue weighted by atomic mass is 16.5. The molecule has 23 heavy (non-hydrogen) atoms. The fourth-order valence-electron chi connectivity index (χ4n) is 2.73. The van der Waals surface area contributed by atoms with Crippen LogP contribution < -0.4 is 10.1 Å². The predicted octanol–water partition coefficient (Wildman–Crippen LogP) is 3.59. The molecular weight excluding hydrogens is 290 g/mol. The third-order valence-electron chi connectivity index (χ3n) is 4.17. The molecule has 1 amide bonds. The molecule has 5 nitrogen and oxygen atoms in total. The normalized spacial score (nSPS) is 14.0. The number of carbonyl (C=O) groups is 1. The quantitative estimate of drug-likeness (QED) is 0.774. The van der Waals surface area contributed by atoms with Gasteiger partial charge in [0.2, 0.25) is 5.91 Å². The zero-order chi connectivity index (χ0) is 15.8. The minimum atomic E-state index is 0.0622. The van der Waals surface area contributed by atoms with Gasteiger partial charge in [0.15, 0.2) is 5.82 Å². The summed E-state index contributed by atoms with van der Waals surface area (Å²) in [5, 5.41) is 11.0. The van der Waals surface area contributed by atoms with E-state index in [0.717, 1.165) is 40.6 Å². The first-order chi connectivity index (χ1) is 11.3. The van der Waals surface area contributed by atoms with Crippen molar-refractivity contribution in [1.29, 1.82) is 0 Å². The molecule has 1 heterocycles. The Labute approximate surface area is 133 Å². The summed E-state index contributed by atoms with van der Waals surface area (Å²) in [5.41, 5.74) is 2.95. The van der Waals surface area contributed by atoms with Gasteiger partial charge in [-0.25, -0.2) is 0 Å². The van der Waals surface area contributed by atoms with Crippen LogP contribution >= 0.6 is 0 Å². The van der Waals surface area contributed by atoms with Gasteiger partial charge in [0.1, 0.15) is 5.75 Å². The molecule has 116 valence electrons. The van der Waals surface area contributed by atoms with Gasteiger partial charge >= 0.3 is 0 Å². The molecule has 0 bridgehead atoms. The molecule has 2 N–H and O–H groups in total. The summed E-state index contributed by atoms with van der Waals surface area (Å²) >= 11 is 0. The Hall–Kier alpha value is -2.82. The molecule has 2 aromatic carbocycles. The number of H-pyrrole nitrogens is 1. The Morgan fingerprint density at radius 2 is 2.09 bits per heavy atom. The summed E-state index contributed by atoms with van der Waals surface area (Å²) in [6.45, 7) is 0. The van der Waals surface area contributed by atoms with Crippen LogP contribution in [0.2, 0.25) is 0 Å². The molecule has 0 atom stereocenters. The third-order valence-corrected chi connectivity index (χ3v) is 4.17. The molecule has 1 aliphatic carbocycles. The van der Waals surface area contributed by atoms with Crippen molar-refractivity contribution in [1.82, 2.24) is 10.2 Å². The van der Waals surface area contributed by atoms with Gasteiger partial charge in [-0.15, -0.1) is 0 Å². The van der Waals surface area contributed by atoms with E-state index in [9.17, 15) is 4.79 Å². The topological polar surface area (TPSA) is 67.0 Å². The predicted molar refractivity (Wildman–Crippen MR) is 89.4 cm³/mol. The van der Waals surface area contributed by atoms with Crippen LogP contribution in [0, 0.1) is 5.92 Å². The van der Waals surface area contributed by atoms with Crippen molar-refractivity contribution in [3.8, 4) is 16.9 Å². The van der Waals surface area contributed by atoms with E-state index in [-0.39, 0.29) is 11.8 Å². The number of anilines is 1. The summed E-state index contributed by atoms with van der Waals surface area (Å²) < 4.78 is 5.42.